The number of nitrogens with zero attached hydrogens (tertiary/aromatic N) is 1. The maximum Gasteiger partial charge on any atom is 0.255 e. The summed E-state index contributed by atoms with van der Waals surface area (Å²) >= 11 is 0. The molecule has 0 aliphatic heterocycles. The monoisotopic (exact) mass is 356 g/mol. The van der Waals surface area contributed by atoms with Crippen LogP contribution in [0.4, 0.5) is 5.69 Å². The summed E-state index contributed by atoms with van der Waals surface area (Å²) in [4.78, 5) is 12.6. The van der Waals surface area contributed by atoms with Crippen molar-refractivity contribution in [3.05, 3.63) is 94.5 Å². The predicted octanol–water partition coefficient (Wildman–Crippen LogP) is 5.01. The van der Waals surface area contributed by atoms with Gasteiger partial charge < -0.3 is 10.1 Å². The molecule has 0 fully saturated rings. The largest absolute Gasteiger partial charge is 0.489 e. The standard InChI is InChI=1S/C23H20N2O2/c1-16-7-5-12-22(17(16)2)25-23(26)18-10-6-11-21(13-18)27-15-20-9-4-3-8-19(20)14-24/h3-13H,15H2,1-2H3,(H,25,26). The van der Waals surface area contributed by atoms with Gasteiger partial charge in [0.1, 0.15) is 12.4 Å². The Bertz CT molecular complexity index is 1020. The lowest BCUT2D eigenvalue weighted by atomic mass is 10.1. The quantitative estimate of drug-likeness (QED) is 0.699. The molecule has 3 rings (SSSR count). The predicted molar refractivity (Wildman–Crippen MR) is 106 cm³/mol. The van der Waals surface area contributed by atoms with Crippen molar-refractivity contribution in [2.45, 2.75) is 20.5 Å². The number of benzene rings is 3. The minimum absolute atomic E-state index is 0.188. The van der Waals surface area contributed by atoms with Crippen molar-refractivity contribution in [3.63, 3.8) is 0 Å². The van der Waals surface area contributed by atoms with Gasteiger partial charge in [0, 0.05) is 16.8 Å². The molecule has 0 aliphatic rings. The smallest absolute Gasteiger partial charge is 0.255 e. The molecule has 27 heavy (non-hydrogen) atoms. The Morgan fingerprint density at radius 2 is 1.81 bits per heavy atom. The molecule has 0 atom stereocenters. The van der Waals surface area contributed by atoms with Crippen LogP contribution in [0.3, 0.4) is 0 Å². The zero-order valence-electron chi connectivity index (χ0n) is 15.3. The van der Waals surface area contributed by atoms with Crippen LogP contribution >= 0.6 is 0 Å². The number of amides is 1. The van der Waals surface area contributed by atoms with Gasteiger partial charge in [-0.05, 0) is 55.3 Å². The number of ether oxygens (including phenoxy) is 1. The Morgan fingerprint density at radius 1 is 1.04 bits per heavy atom. The zero-order valence-corrected chi connectivity index (χ0v) is 15.3. The third kappa shape index (κ3) is 4.34. The molecule has 0 saturated carbocycles. The molecule has 0 aliphatic carbocycles. The van der Waals surface area contributed by atoms with E-state index in [0.29, 0.717) is 16.9 Å². The van der Waals surface area contributed by atoms with Crippen LogP contribution < -0.4 is 10.1 Å². The molecule has 4 heteroatoms. The lowest BCUT2D eigenvalue weighted by molar-refractivity contribution is 0.102. The van der Waals surface area contributed by atoms with Crippen LogP contribution in [0.1, 0.15) is 32.6 Å². The van der Waals surface area contributed by atoms with E-state index >= 15 is 0 Å². The van der Waals surface area contributed by atoms with Crippen LogP contribution in [0.25, 0.3) is 0 Å². The minimum atomic E-state index is -0.188. The van der Waals surface area contributed by atoms with Crippen LogP contribution in [0.2, 0.25) is 0 Å². The molecule has 1 amide bonds. The third-order valence-electron chi connectivity index (χ3n) is 4.48. The first-order valence-corrected chi connectivity index (χ1v) is 8.67. The number of rotatable bonds is 5. The van der Waals surface area contributed by atoms with Crippen molar-refractivity contribution in [2.75, 3.05) is 5.32 Å². The topological polar surface area (TPSA) is 62.1 Å². The fraction of sp³-hybridized carbons (Fsp3) is 0.130. The summed E-state index contributed by atoms with van der Waals surface area (Å²) in [6.07, 6.45) is 0. The van der Waals surface area contributed by atoms with Gasteiger partial charge in [-0.1, -0.05) is 36.4 Å². The summed E-state index contributed by atoms with van der Waals surface area (Å²) in [6.45, 7) is 4.27. The number of nitriles is 1. The summed E-state index contributed by atoms with van der Waals surface area (Å²) in [5, 5.41) is 12.1. The summed E-state index contributed by atoms with van der Waals surface area (Å²) in [6, 6.07) is 22.3. The van der Waals surface area contributed by atoms with Crippen molar-refractivity contribution in [2.24, 2.45) is 0 Å². The number of aryl methyl sites for hydroxylation is 1. The summed E-state index contributed by atoms with van der Waals surface area (Å²) < 4.78 is 5.79. The van der Waals surface area contributed by atoms with E-state index in [4.69, 9.17) is 10.00 Å². The number of carbonyl (C=O) groups is 1. The van der Waals surface area contributed by atoms with E-state index in [2.05, 4.69) is 11.4 Å². The van der Waals surface area contributed by atoms with Gasteiger partial charge in [-0.25, -0.2) is 0 Å². The molecule has 134 valence electrons. The summed E-state index contributed by atoms with van der Waals surface area (Å²) in [5.74, 6) is 0.392. The average molecular weight is 356 g/mol. The van der Waals surface area contributed by atoms with E-state index in [1.54, 1.807) is 30.3 Å². The van der Waals surface area contributed by atoms with Crippen molar-refractivity contribution in [3.8, 4) is 11.8 Å². The molecule has 0 radical (unpaired) electrons. The van der Waals surface area contributed by atoms with Gasteiger partial charge in [0.2, 0.25) is 0 Å². The van der Waals surface area contributed by atoms with Gasteiger partial charge in [0.25, 0.3) is 5.91 Å². The van der Waals surface area contributed by atoms with Crippen LogP contribution in [-0.4, -0.2) is 5.91 Å². The third-order valence-corrected chi connectivity index (χ3v) is 4.48. The van der Waals surface area contributed by atoms with E-state index < -0.39 is 0 Å². The molecular weight excluding hydrogens is 336 g/mol. The maximum atomic E-state index is 12.6. The maximum absolute atomic E-state index is 12.6. The first-order valence-electron chi connectivity index (χ1n) is 8.67. The number of hydrogen-bond donors (Lipinski definition) is 1. The van der Waals surface area contributed by atoms with Crippen LogP contribution in [-0.2, 0) is 6.61 Å². The van der Waals surface area contributed by atoms with Crippen molar-refractivity contribution in [1.29, 1.82) is 5.26 Å². The lowest BCUT2D eigenvalue weighted by Gasteiger charge is -2.12. The van der Waals surface area contributed by atoms with E-state index in [9.17, 15) is 4.79 Å². The van der Waals surface area contributed by atoms with Gasteiger partial charge in [0.05, 0.1) is 11.6 Å². The summed E-state index contributed by atoms with van der Waals surface area (Å²) in [7, 11) is 0. The molecular formula is C23H20N2O2. The zero-order chi connectivity index (χ0) is 19.2. The number of anilines is 1. The van der Waals surface area contributed by atoms with E-state index in [1.807, 2.05) is 50.2 Å². The van der Waals surface area contributed by atoms with Crippen LogP contribution in [0.15, 0.2) is 66.7 Å². The van der Waals surface area contributed by atoms with Gasteiger partial charge in [-0.15, -0.1) is 0 Å². The first kappa shape index (κ1) is 18.2. The van der Waals surface area contributed by atoms with E-state index in [1.165, 1.54) is 0 Å². The van der Waals surface area contributed by atoms with Gasteiger partial charge in [0.15, 0.2) is 0 Å². The Balaban J connectivity index is 1.72. The fourth-order valence-corrected chi connectivity index (χ4v) is 2.72. The van der Waals surface area contributed by atoms with Crippen molar-refractivity contribution in [1.82, 2.24) is 0 Å². The van der Waals surface area contributed by atoms with Crippen LogP contribution in [0, 0.1) is 25.2 Å². The Labute approximate surface area is 159 Å². The fourth-order valence-electron chi connectivity index (χ4n) is 2.72. The molecule has 0 unspecified atom stereocenters. The molecule has 0 heterocycles. The summed E-state index contributed by atoms with van der Waals surface area (Å²) in [5.41, 5.74) is 4.88. The second-order valence-electron chi connectivity index (χ2n) is 6.29. The highest BCUT2D eigenvalue weighted by molar-refractivity contribution is 6.04. The Kier molecular flexibility index (Phi) is 5.53. The Hall–Kier alpha value is -3.58. The second-order valence-corrected chi connectivity index (χ2v) is 6.29. The molecule has 3 aromatic rings. The normalized spacial score (nSPS) is 10.1. The van der Waals surface area contributed by atoms with Crippen LogP contribution in [0.5, 0.6) is 5.75 Å². The van der Waals surface area contributed by atoms with Gasteiger partial charge in [-0.3, -0.25) is 4.79 Å². The average Bonchev–Trinajstić information content (AvgIpc) is 2.70. The second kappa shape index (κ2) is 8.20. The molecule has 0 saturated heterocycles. The molecule has 0 aromatic heterocycles. The number of hydrogen-bond acceptors (Lipinski definition) is 3. The van der Waals surface area contributed by atoms with Crippen molar-refractivity contribution >= 4 is 11.6 Å². The highest BCUT2D eigenvalue weighted by atomic mass is 16.5. The highest BCUT2D eigenvalue weighted by Crippen LogP contribution is 2.21. The van der Waals surface area contributed by atoms with E-state index in [0.717, 1.165) is 22.4 Å². The molecule has 3 aromatic carbocycles. The SMILES string of the molecule is Cc1cccc(NC(=O)c2cccc(OCc3ccccc3C#N)c2)c1C. The van der Waals surface area contributed by atoms with Crippen molar-refractivity contribution < 1.29 is 9.53 Å². The van der Waals surface area contributed by atoms with Gasteiger partial charge >= 0.3 is 0 Å². The Morgan fingerprint density at radius 3 is 2.63 bits per heavy atom. The molecule has 1 N–H and O–H groups in total. The van der Waals surface area contributed by atoms with Gasteiger partial charge in [-0.2, -0.15) is 5.26 Å². The molecule has 0 bridgehead atoms. The lowest BCUT2D eigenvalue weighted by Crippen LogP contribution is -2.13. The molecule has 4 nitrogen and oxygen atoms in total. The number of carbonyl (C=O) groups excluding carboxylic acids is 1. The number of nitrogens with one attached hydrogen (secondary N) is 1. The molecule has 0 spiro atoms. The minimum Gasteiger partial charge on any atom is -0.489 e. The first-order chi connectivity index (χ1) is 13.1. The van der Waals surface area contributed by atoms with E-state index in [-0.39, 0.29) is 12.5 Å². The highest BCUT2D eigenvalue weighted by Gasteiger charge is 2.10.